The Hall–Kier alpha value is -3.73. The first kappa shape index (κ1) is 29.3. The van der Waals surface area contributed by atoms with Crippen LogP contribution in [0.5, 0.6) is 5.75 Å². The van der Waals surface area contributed by atoms with Gasteiger partial charge in [0.15, 0.2) is 0 Å². The van der Waals surface area contributed by atoms with E-state index >= 15 is 0 Å². The molecule has 1 aliphatic carbocycles. The van der Waals surface area contributed by atoms with Crippen molar-refractivity contribution in [3.63, 3.8) is 0 Å². The van der Waals surface area contributed by atoms with Crippen molar-refractivity contribution in [3.05, 3.63) is 42.5 Å². The largest absolute Gasteiger partial charge is 0.488 e. The van der Waals surface area contributed by atoms with Gasteiger partial charge in [0.2, 0.25) is 5.95 Å². The lowest BCUT2D eigenvalue weighted by atomic mass is 9.91. The van der Waals surface area contributed by atoms with Crippen LogP contribution in [0.15, 0.2) is 36.9 Å². The average Bonchev–Trinajstić information content (AvgIpc) is 3.02. The first-order valence-electron chi connectivity index (χ1n) is 15.6. The molecular formula is C32H43N7O4. The first-order valence-corrected chi connectivity index (χ1v) is 15.6. The zero-order chi connectivity index (χ0) is 29.8. The molecule has 3 fully saturated rings. The molecule has 0 radical (unpaired) electrons. The summed E-state index contributed by atoms with van der Waals surface area (Å²) < 4.78 is 17.6. The van der Waals surface area contributed by atoms with Gasteiger partial charge < -0.3 is 29.3 Å². The van der Waals surface area contributed by atoms with Crippen molar-refractivity contribution >= 4 is 28.8 Å². The summed E-state index contributed by atoms with van der Waals surface area (Å²) in [6.45, 7) is 10.2. The number of nitrogens with zero attached hydrogens (tertiary/aromatic N) is 6. The number of anilines is 2. The predicted molar refractivity (Wildman–Crippen MR) is 165 cm³/mol. The van der Waals surface area contributed by atoms with E-state index in [0.29, 0.717) is 31.0 Å². The third-order valence-electron chi connectivity index (χ3n) is 8.49. The topological polar surface area (TPSA) is 115 Å². The summed E-state index contributed by atoms with van der Waals surface area (Å²) in [7, 11) is 0. The SMILES string of the molecule is CC(C)(C)OC(=O)N1CCC(c2cnc(N[C@H]3CC[C@@H](Oc4cc(N5CCOCC5)cc5nccnc45)CC3)nc2)CC1. The molecule has 0 atom stereocenters. The summed E-state index contributed by atoms with van der Waals surface area (Å²) in [5, 5.41) is 3.53. The second-order valence-corrected chi connectivity index (χ2v) is 12.8. The van der Waals surface area contributed by atoms with Crippen molar-refractivity contribution in [2.45, 2.75) is 83.0 Å². The molecule has 3 aromatic rings. The number of piperidine rings is 1. The van der Waals surface area contributed by atoms with Crippen LogP contribution in [0.25, 0.3) is 11.0 Å². The number of nitrogens with one attached hydrogen (secondary N) is 1. The van der Waals surface area contributed by atoms with E-state index in [-0.39, 0.29) is 12.2 Å². The van der Waals surface area contributed by atoms with Crippen LogP contribution in [-0.4, -0.2) is 88.1 Å². The summed E-state index contributed by atoms with van der Waals surface area (Å²) in [5.74, 6) is 1.82. The lowest BCUT2D eigenvalue weighted by molar-refractivity contribution is 0.0204. The van der Waals surface area contributed by atoms with Gasteiger partial charge in [-0.25, -0.2) is 19.7 Å². The Morgan fingerprint density at radius 2 is 1.60 bits per heavy atom. The number of carbonyl (C=O) groups is 1. The molecule has 230 valence electrons. The van der Waals surface area contributed by atoms with Crippen molar-refractivity contribution in [1.82, 2.24) is 24.8 Å². The molecule has 6 rings (SSSR count). The number of likely N-dealkylation sites (tertiary alicyclic amines) is 1. The number of hydrogen-bond acceptors (Lipinski definition) is 10. The molecule has 1 saturated carbocycles. The zero-order valence-corrected chi connectivity index (χ0v) is 25.5. The van der Waals surface area contributed by atoms with Gasteiger partial charge in [-0.2, -0.15) is 0 Å². The van der Waals surface area contributed by atoms with Gasteiger partial charge in [0.05, 0.1) is 24.8 Å². The number of carbonyl (C=O) groups excluding carboxylic acids is 1. The van der Waals surface area contributed by atoms with E-state index < -0.39 is 5.60 Å². The van der Waals surface area contributed by atoms with Crippen LogP contribution in [-0.2, 0) is 9.47 Å². The van der Waals surface area contributed by atoms with Crippen molar-refractivity contribution in [2.24, 2.45) is 0 Å². The zero-order valence-electron chi connectivity index (χ0n) is 25.5. The van der Waals surface area contributed by atoms with Gasteiger partial charge in [-0.3, -0.25) is 4.98 Å². The summed E-state index contributed by atoms with van der Waals surface area (Å²) in [6, 6.07) is 4.52. The summed E-state index contributed by atoms with van der Waals surface area (Å²) >= 11 is 0. The molecule has 0 bridgehead atoms. The van der Waals surface area contributed by atoms with E-state index in [1.807, 2.05) is 33.2 Å². The molecule has 11 nitrogen and oxygen atoms in total. The molecule has 1 aromatic carbocycles. The number of aromatic nitrogens is 4. The molecule has 1 N–H and O–H groups in total. The molecule has 0 spiro atoms. The van der Waals surface area contributed by atoms with E-state index in [4.69, 9.17) is 14.2 Å². The van der Waals surface area contributed by atoms with E-state index in [9.17, 15) is 4.79 Å². The second kappa shape index (κ2) is 12.9. The Morgan fingerprint density at radius 3 is 2.30 bits per heavy atom. The van der Waals surface area contributed by atoms with E-state index in [0.717, 1.165) is 92.9 Å². The lowest BCUT2D eigenvalue weighted by Gasteiger charge is -2.33. The Labute approximate surface area is 253 Å². The number of benzene rings is 1. The molecule has 2 aliphatic heterocycles. The smallest absolute Gasteiger partial charge is 0.410 e. The number of ether oxygens (including phenoxy) is 3. The molecule has 1 amide bonds. The number of morpholine rings is 1. The average molecular weight is 590 g/mol. The van der Waals surface area contributed by atoms with Gasteiger partial charge >= 0.3 is 6.09 Å². The number of rotatable bonds is 6. The van der Waals surface area contributed by atoms with Crippen LogP contribution in [0.2, 0.25) is 0 Å². The fourth-order valence-electron chi connectivity index (χ4n) is 6.16. The van der Waals surface area contributed by atoms with Crippen molar-refractivity contribution in [1.29, 1.82) is 0 Å². The first-order chi connectivity index (χ1) is 20.8. The van der Waals surface area contributed by atoms with Crippen LogP contribution < -0.4 is 15.0 Å². The summed E-state index contributed by atoms with van der Waals surface area (Å²) in [4.78, 5) is 34.9. The van der Waals surface area contributed by atoms with Crippen molar-refractivity contribution in [3.8, 4) is 5.75 Å². The quantitative estimate of drug-likeness (QED) is 0.413. The fraction of sp³-hybridized carbons (Fsp3) is 0.594. The third-order valence-corrected chi connectivity index (χ3v) is 8.49. The van der Waals surface area contributed by atoms with Crippen LogP contribution in [0.4, 0.5) is 16.4 Å². The van der Waals surface area contributed by atoms with Gasteiger partial charge in [-0.15, -0.1) is 0 Å². The second-order valence-electron chi connectivity index (χ2n) is 12.8. The van der Waals surface area contributed by atoms with Crippen LogP contribution in [0, 0.1) is 0 Å². The monoisotopic (exact) mass is 589 g/mol. The van der Waals surface area contributed by atoms with E-state index in [1.54, 1.807) is 17.3 Å². The highest BCUT2D eigenvalue weighted by molar-refractivity contribution is 5.85. The van der Waals surface area contributed by atoms with Gasteiger partial charge in [-0.1, -0.05) is 0 Å². The highest BCUT2D eigenvalue weighted by Gasteiger charge is 2.28. The Kier molecular flexibility index (Phi) is 8.78. The third kappa shape index (κ3) is 7.44. The van der Waals surface area contributed by atoms with Gasteiger partial charge in [-0.05, 0) is 76.8 Å². The van der Waals surface area contributed by atoms with Gasteiger partial charge in [0, 0.05) is 68.8 Å². The van der Waals surface area contributed by atoms with Crippen molar-refractivity contribution in [2.75, 3.05) is 49.6 Å². The normalized spacial score (nSPS) is 21.9. The molecule has 3 aliphatic rings. The summed E-state index contributed by atoms with van der Waals surface area (Å²) in [5.41, 5.74) is 3.42. The summed E-state index contributed by atoms with van der Waals surface area (Å²) in [6.07, 6.45) is 12.8. The standard InChI is InChI=1S/C32H43N7O4/c1-32(2,3)43-31(40)39-12-8-22(9-13-39)23-20-35-30(36-21-23)37-24-4-6-26(7-5-24)42-28-19-25(38-14-16-41-17-15-38)18-27-29(28)34-11-10-33-27/h10-11,18-22,24,26H,4-9,12-17H2,1-3H3,(H,35,36,37)/t24-,26+. The highest BCUT2D eigenvalue weighted by Crippen LogP contribution is 2.33. The number of hydrogen-bond donors (Lipinski definition) is 1. The van der Waals surface area contributed by atoms with Gasteiger partial charge in [0.1, 0.15) is 16.9 Å². The Morgan fingerprint density at radius 1 is 0.907 bits per heavy atom. The van der Waals surface area contributed by atoms with Crippen molar-refractivity contribution < 1.29 is 19.0 Å². The van der Waals surface area contributed by atoms with Crippen LogP contribution in [0.3, 0.4) is 0 Å². The maximum atomic E-state index is 12.4. The fourth-order valence-corrected chi connectivity index (χ4v) is 6.16. The molecule has 2 aromatic heterocycles. The van der Waals surface area contributed by atoms with Crippen LogP contribution in [0.1, 0.15) is 70.8 Å². The lowest BCUT2D eigenvalue weighted by Crippen LogP contribution is -2.41. The maximum Gasteiger partial charge on any atom is 0.410 e. The Balaban J connectivity index is 0.998. The van der Waals surface area contributed by atoms with Crippen LogP contribution >= 0.6 is 0 Å². The molecular weight excluding hydrogens is 546 g/mol. The minimum absolute atomic E-state index is 0.123. The minimum Gasteiger partial charge on any atom is -0.488 e. The van der Waals surface area contributed by atoms with Gasteiger partial charge in [0.25, 0.3) is 0 Å². The molecule has 4 heterocycles. The molecule has 0 unspecified atom stereocenters. The molecule has 43 heavy (non-hydrogen) atoms. The maximum absolute atomic E-state index is 12.4. The molecule has 2 saturated heterocycles. The van der Waals surface area contributed by atoms with E-state index in [1.165, 1.54) is 0 Å². The number of amides is 1. The minimum atomic E-state index is -0.476. The number of fused-ring (bicyclic) bond motifs is 1. The highest BCUT2D eigenvalue weighted by atomic mass is 16.6. The Bertz CT molecular complexity index is 1370. The van der Waals surface area contributed by atoms with E-state index in [2.05, 4.69) is 42.3 Å². The molecule has 11 heteroatoms. The predicted octanol–water partition coefficient (Wildman–Crippen LogP) is 5.17.